The van der Waals surface area contributed by atoms with E-state index < -0.39 is 10.0 Å². The van der Waals surface area contributed by atoms with Crippen LogP contribution in [0.4, 0.5) is 0 Å². The predicted molar refractivity (Wildman–Crippen MR) is 82.1 cm³/mol. The van der Waals surface area contributed by atoms with Crippen LogP contribution in [0.3, 0.4) is 0 Å². The third kappa shape index (κ3) is 3.07. The number of imidazole rings is 1. The molecule has 0 fully saturated rings. The molecule has 0 unspecified atom stereocenters. The number of sulfonamides is 1. The molecule has 0 saturated carbocycles. The standard InChI is InChI=1S/C13H13N3O3S2/c17-13-15-11-4-3-10(8-12(11)16-13)21(18,19)14-6-5-9-2-1-7-20-9/h1-4,7-8,14H,5-6H2,(H2,15,16,17). The first-order chi connectivity index (χ1) is 10.0. The van der Waals surface area contributed by atoms with Crippen molar-refractivity contribution in [2.75, 3.05) is 6.54 Å². The van der Waals surface area contributed by atoms with Crippen molar-refractivity contribution in [1.82, 2.24) is 14.7 Å². The normalized spacial score (nSPS) is 12.0. The Bertz CT molecular complexity index is 908. The Labute approximate surface area is 124 Å². The molecule has 0 aliphatic rings. The Morgan fingerprint density at radius 3 is 2.71 bits per heavy atom. The van der Waals surface area contributed by atoms with Crippen molar-refractivity contribution >= 4 is 32.4 Å². The van der Waals surface area contributed by atoms with Gasteiger partial charge in [0, 0.05) is 11.4 Å². The number of nitrogens with one attached hydrogen (secondary N) is 3. The Morgan fingerprint density at radius 2 is 1.95 bits per heavy atom. The highest BCUT2D eigenvalue weighted by Gasteiger charge is 2.14. The van der Waals surface area contributed by atoms with E-state index >= 15 is 0 Å². The first kappa shape index (κ1) is 14.1. The van der Waals surface area contributed by atoms with Crippen molar-refractivity contribution in [3.05, 3.63) is 51.1 Å². The molecule has 2 heterocycles. The van der Waals surface area contributed by atoms with Crippen molar-refractivity contribution in [3.63, 3.8) is 0 Å². The van der Waals surface area contributed by atoms with E-state index in [1.165, 1.54) is 12.1 Å². The lowest BCUT2D eigenvalue weighted by atomic mass is 10.3. The third-order valence-electron chi connectivity index (χ3n) is 3.04. The van der Waals surface area contributed by atoms with Gasteiger partial charge in [-0.15, -0.1) is 11.3 Å². The van der Waals surface area contributed by atoms with E-state index in [0.717, 1.165) is 4.88 Å². The van der Waals surface area contributed by atoms with E-state index in [4.69, 9.17) is 0 Å². The number of H-pyrrole nitrogens is 2. The largest absolute Gasteiger partial charge is 0.323 e. The van der Waals surface area contributed by atoms with Crippen LogP contribution >= 0.6 is 11.3 Å². The zero-order chi connectivity index (χ0) is 14.9. The van der Waals surface area contributed by atoms with Crippen LogP contribution in [0.5, 0.6) is 0 Å². The SMILES string of the molecule is O=c1[nH]c2ccc(S(=O)(=O)NCCc3cccs3)cc2[nH]1. The number of aromatic amines is 2. The molecule has 3 aromatic rings. The summed E-state index contributed by atoms with van der Waals surface area (Å²) >= 11 is 1.60. The number of rotatable bonds is 5. The Balaban J connectivity index is 1.77. The highest BCUT2D eigenvalue weighted by molar-refractivity contribution is 7.89. The van der Waals surface area contributed by atoms with Gasteiger partial charge in [-0.05, 0) is 36.1 Å². The molecule has 0 spiro atoms. The van der Waals surface area contributed by atoms with Gasteiger partial charge in [-0.1, -0.05) is 6.07 Å². The molecule has 6 nitrogen and oxygen atoms in total. The van der Waals surface area contributed by atoms with Gasteiger partial charge in [0.2, 0.25) is 10.0 Å². The summed E-state index contributed by atoms with van der Waals surface area (Å²) in [6.45, 7) is 0.338. The molecule has 0 atom stereocenters. The first-order valence-corrected chi connectivity index (χ1v) is 8.65. The minimum absolute atomic E-state index is 0.136. The van der Waals surface area contributed by atoms with Crippen molar-refractivity contribution in [2.24, 2.45) is 0 Å². The van der Waals surface area contributed by atoms with E-state index in [-0.39, 0.29) is 10.6 Å². The average molecular weight is 323 g/mol. The van der Waals surface area contributed by atoms with Crippen molar-refractivity contribution < 1.29 is 8.42 Å². The number of hydrogen-bond acceptors (Lipinski definition) is 4. The summed E-state index contributed by atoms with van der Waals surface area (Å²) in [5, 5.41) is 1.96. The summed E-state index contributed by atoms with van der Waals surface area (Å²) in [6.07, 6.45) is 0.653. The summed E-state index contributed by atoms with van der Waals surface area (Å²) in [5.74, 6) is 0. The van der Waals surface area contributed by atoms with E-state index in [0.29, 0.717) is 24.0 Å². The van der Waals surface area contributed by atoms with Crippen molar-refractivity contribution in [1.29, 1.82) is 0 Å². The van der Waals surface area contributed by atoms with Crippen LogP contribution in [0.2, 0.25) is 0 Å². The highest BCUT2D eigenvalue weighted by Crippen LogP contribution is 2.15. The van der Waals surface area contributed by atoms with Crippen molar-refractivity contribution in [3.8, 4) is 0 Å². The Morgan fingerprint density at radius 1 is 1.14 bits per heavy atom. The fourth-order valence-electron chi connectivity index (χ4n) is 2.03. The van der Waals surface area contributed by atoms with Crippen LogP contribution in [0.25, 0.3) is 11.0 Å². The molecular weight excluding hydrogens is 310 g/mol. The predicted octanol–water partition coefficient (Wildman–Crippen LogP) is 1.44. The average Bonchev–Trinajstić information content (AvgIpc) is 3.05. The maximum Gasteiger partial charge on any atom is 0.323 e. The number of thiophene rings is 1. The molecule has 3 N–H and O–H groups in total. The van der Waals surface area contributed by atoms with Crippen LogP contribution in [-0.2, 0) is 16.4 Å². The van der Waals surface area contributed by atoms with E-state index in [1.54, 1.807) is 17.4 Å². The molecule has 0 saturated heterocycles. The van der Waals surface area contributed by atoms with Crippen LogP contribution in [-0.4, -0.2) is 24.9 Å². The number of fused-ring (bicyclic) bond motifs is 1. The topological polar surface area (TPSA) is 94.8 Å². The highest BCUT2D eigenvalue weighted by atomic mass is 32.2. The van der Waals surface area contributed by atoms with Crippen LogP contribution in [0, 0.1) is 0 Å². The third-order valence-corrected chi connectivity index (χ3v) is 5.44. The fourth-order valence-corrected chi connectivity index (χ4v) is 3.79. The van der Waals surface area contributed by atoms with Gasteiger partial charge in [-0.3, -0.25) is 0 Å². The second kappa shape index (κ2) is 5.47. The summed E-state index contributed by atoms with van der Waals surface area (Å²) < 4.78 is 27.0. The molecule has 1 aromatic carbocycles. The van der Waals surface area contributed by atoms with Crippen LogP contribution < -0.4 is 10.4 Å². The quantitative estimate of drug-likeness (QED) is 0.663. The van der Waals surface area contributed by atoms with Gasteiger partial charge in [-0.25, -0.2) is 17.9 Å². The summed E-state index contributed by atoms with van der Waals surface area (Å²) in [6, 6.07) is 8.39. The van der Waals surface area contributed by atoms with Crippen LogP contribution in [0.1, 0.15) is 4.88 Å². The maximum absolute atomic E-state index is 12.2. The summed E-state index contributed by atoms with van der Waals surface area (Å²) in [5.41, 5.74) is 0.698. The smallest absolute Gasteiger partial charge is 0.306 e. The molecule has 110 valence electrons. The molecule has 0 amide bonds. The molecule has 0 bridgehead atoms. The van der Waals surface area contributed by atoms with Gasteiger partial charge in [0.05, 0.1) is 15.9 Å². The van der Waals surface area contributed by atoms with Crippen LogP contribution in [0.15, 0.2) is 45.4 Å². The van der Waals surface area contributed by atoms with Gasteiger partial charge >= 0.3 is 5.69 Å². The monoisotopic (exact) mass is 323 g/mol. The number of hydrogen-bond donors (Lipinski definition) is 3. The molecular formula is C13H13N3O3S2. The summed E-state index contributed by atoms with van der Waals surface area (Å²) in [4.78, 5) is 17.6. The number of benzene rings is 1. The second-order valence-electron chi connectivity index (χ2n) is 4.51. The lowest BCUT2D eigenvalue weighted by Gasteiger charge is -2.06. The second-order valence-corrected chi connectivity index (χ2v) is 7.31. The van der Waals surface area contributed by atoms with Gasteiger partial charge in [-0.2, -0.15) is 0 Å². The van der Waals surface area contributed by atoms with Gasteiger partial charge in [0.1, 0.15) is 0 Å². The van der Waals surface area contributed by atoms with Gasteiger partial charge in [0.15, 0.2) is 0 Å². The lowest BCUT2D eigenvalue weighted by Crippen LogP contribution is -2.25. The van der Waals surface area contributed by atoms with E-state index in [9.17, 15) is 13.2 Å². The van der Waals surface area contributed by atoms with E-state index in [1.807, 2.05) is 17.5 Å². The number of aromatic nitrogens is 2. The molecule has 0 aliphatic carbocycles. The van der Waals surface area contributed by atoms with Gasteiger partial charge in [0.25, 0.3) is 0 Å². The van der Waals surface area contributed by atoms with Gasteiger partial charge < -0.3 is 9.97 Å². The molecule has 0 aliphatic heterocycles. The van der Waals surface area contributed by atoms with Crippen molar-refractivity contribution in [2.45, 2.75) is 11.3 Å². The van der Waals surface area contributed by atoms with E-state index in [2.05, 4.69) is 14.7 Å². The molecule has 3 rings (SSSR count). The maximum atomic E-state index is 12.2. The summed E-state index contributed by atoms with van der Waals surface area (Å²) in [7, 11) is -3.58. The molecule has 0 radical (unpaired) electrons. The zero-order valence-electron chi connectivity index (χ0n) is 10.9. The Kier molecular flexibility index (Phi) is 3.66. The molecule has 21 heavy (non-hydrogen) atoms. The first-order valence-electron chi connectivity index (χ1n) is 6.29. The minimum Gasteiger partial charge on any atom is -0.306 e. The lowest BCUT2D eigenvalue weighted by molar-refractivity contribution is 0.582. The Hall–Kier alpha value is -1.90. The minimum atomic E-state index is -3.58. The molecule has 2 aromatic heterocycles. The zero-order valence-corrected chi connectivity index (χ0v) is 12.6. The molecule has 8 heteroatoms. The fraction of sp³-hybridized carbons (Fsp3) is 0.154.